The van der Waals surface area contributed by atoms with Crippen molar-refractivity contribution in [2.45, 2.75) is 26.9 Å². The van der Waals surface area contributed by atoms with Gasteiger partial charge in [0, 0.05) is 19.3 Å². The molecule has 0 radical (unpaired) electrons. The normalized spacial score (nSPS) is 25.8. The first-order valence-corrected chi connectivity index (χ1v) is 5.99. The minimum Gasteiger partial charge on any atom is -0.392 e. The number of aliphatic hydroxyl groups excluding tert-OH is 1. The summed E-state index contributed by atoms with van der Waals surface area (Å²) in [5, 5.41) is 8.97. The maximum Gasteiger partial charge on any atom is 0.128 e. The third kappa shape index (κ3) is 2.53. The lowest BCUT2D eigenvalue weighted by molar-refractivity contribution is 0.281. The van der Waals surface area contributed by atoms with E-state index >= 15 is 0 Å². The molecule has 0 amide bonds. The maximum absolute atomic E-state index is 8.97. The molecular weight excluding hydrogens is 200 g/mol. The van der Waals surface area contributed by atoms with Crippen LogP contribution in [0.3, 0.4) is 0 Å². The van der Waals surface area contributed by atoms with Crippen LogP contribution in [0.1, 0.15) is 25.8 Å². The van der Waals surface area contributed by atoms with Gasteiger partial charge in [-0.2, -0.15) is 0 Å². The number of nitrogens with zero attached hydrogens (tertiary/aromatic N) is 2. The molecule has 1 N–H and O–H groups in total. The van der Waals surface area contributed by atoms with Crippen LogP contribution in [-0.4, -0.2) is 23.2 Å². The molecule has 1 fully saturated rings. The van der Waals surface area contributed by atoms with E-state index in [0.717, 1.165) is 36.3 Å². The van der Waals surface area contributed by atoms with Gasteiger partial charge in [-0.05, 0) is 29.9 Å². The molecule has 0 aromatic carbocycles. The Morgan fingerprint density at radius 2 is 2.00 bits per heavy atom. The molecule has 0 saturated carbocycles. The summed E-state index contributed by atoms with van der Waals surface area (Å²) in [6.07, 6.45) is 3.07. The lowest BCUT2D eigenvalue weighted by Gasteiger charge is -2.35. The van der Waals surface area contributed by atoms with Gasteiger partial charge in [-0.1, -0.05) is 19.9 Å². The van der Waals surface area contributed by atoms with Crippen LogP contribution in [0.25, 0.3) is 0 Å². The van der Waals surface area contributed by atoms with Gasteiger partial charge in [0.05, 0.1) is 6.61 Å². The topological polar surface area (TPSA) is 36.4 Å². The number of hydrogen-bond donors (Lipinski definition) is 1. The monoisotopic (exact) mass is 220 g/mol. The van der Waals surface area contributed by atoms with Crippen LogP contribution in [-0.2, 0) is 6.61 Å². The van der Waals surface area contributed by atoms with Gasteiger partial charge < -0.3 is 10.0 Å². The quantitative estimate of drug-likeness (QED) is 0.828. The Kier molecular flexibility index (Phi) is 3.44. The molecule has 2 atom stereocenters. The van der Waals surface area contributed by atoms with E-state index in [1.165, 1.54) is 6.42 Å². The van der Waals surface area contributed by atoms with Crippen molar-refractivity contribution in [1.29, 1.82) is 0 Å². The molecule has 1 aliphatic heterocycles. The number of hydrogen-bond acceptors (Lipinski definition) is 3. The highest BCUT2D eigenvalue weighted by Gasteiger charge is 2.22. The van der Waals surface area contributed by atoms with E-state index in [-0.39, 0.29) is 6.61 Å². The average Bonchev–Trinajstić information content (AvgIpc) is 2.28. The van der Waals surface area contributed by atoms with Crippen LogP contribution >= 0.6 is 0 Å². The van der Waals surface area contributed by atoms with Crippen molar-refractivity contribution >= 4 is 5.82 Å². The fraction of sp³-hybridized carbons (Fsp3) is 0.615. The molecule has 3 nitrogen and oxygen atoms in total. The fourth-order valence-corrected chi connectivity index (χ4v) is 2.55. The van der Waals surface area contributed by atoms with Gasteiger partial charge in [-0.3, -0.25) is 0 Å². The van der Waals surface area contributed by atoms with Gasteiger partial charge in [0.1, 0.15) is 5.82 Å². The first-order chi connectivity index (χ1) is 7.69. The van der Waals surface area contributed by atoms with Crippen molar-refractivity contribution < 1.29 is 5.11 Å². The molecule has 3 heteroatoms. The number of rotatable bonds is 2. The number of aliphatic hydroxyl groups is 1. The van der Waals surface area contributed by atoms with Crippen LogP contribution < -0.4 is 4.90 Å². The van der Waals surface area contributed by atoms with E-state index in [9.17, 15) is 0 Å². The third-order valence-electron chi connectivity index (χ3n) is 3.18. The molecule has 1 saturated heterocycles. The van der Waals surface area contributed by atoms with Crippen molar-refractivity contribution in [2.75, 3.05) is 18.0 Å². The van der Waals surface area contributed by atoms with Crippen LogP contribution in [0.5, 0.6) is 0 Å². The van der Waals surface area contributed by atoms with Crippen molar-refractivity contribution in [1.82, 2.24) is 4.98 Å². The second-order valence-corrected chi connectivity index (χ2v) is 5.03. The smallest absolute Gasteiger partial charge is 0.128 e. The first kappa shape index (κ1) is 11.4. The minimum absolute atomic E-state index is 0.0695. The Morgan fingerprint density at radius 3 is 2.50 bits per heavy atom. The highest BCUT2D eigenvalue weighted by molar-refractivity contribution is 5.39. The molecule has 1 aliphatic rings. The molecule has 2 rings (SSSR count). The molecule has 1 aromatic heterocycles. The van der Waals surface area contributed by atoms with E-state index in [2.05, 4.69) is 23.7 Å². The van der Waals surface area contributed by atoms with E-state index in [4.69, 9.17) is 5.11 Å². The first-order valence-electron chi connectivity index (χ1n) is 5.99. The largest absolute Gasteiger partial charge is 0.392 e. The SMILES string of the molecule is CC1CC(C)CN(c2ccc(CO)cn2)C1. The third-order valence-corrected chi connectivity index (χ3v) is 3.18. The molecule has 0 bridgehead atoms. The van der Waals surface area contributed by atoms with Crippen LogP contribution in [0.2, 0.25) is 0 Å². The zero-order valence-electron chi connectivity index (χ0n) is 10.1. The molecule has 1 aromatic rings. The van der Waals surface area contributed by atoms with Gasteiger partial charge in [0.2, 0.25) is 0 Å². The van der Waals surface area contributed by atoms with Crippen LogP contribution in [0.4, 0.5) is 5.82 Å². The van der Waals surface area contributed by atoms with Crippen molar-refractivity contribution in [3.8, 4) is 0 Å². The summed E-state index contributed by atoms with van der Waals surface area (Å²) < 4.78 is 0. The Bertz CT molecular complexity index is 326. The molecule has 0 aliphatic carbocycles. The molecule has 16 heavy (non-hydrogen) atoms. The van der Waals surface area contributed by atoms with E-state index in [1.54, 1.807) is 6.20 Å². The Hall–Kier alpha value is -1.09. The maximum atomic E-state index is 8.97. The lowest BCUT2D eigenvalue weighted by atomic mass is 9.92. The summed E-state index contributed by atoms with van der Waals surface area (Å²) in [6.45, 7) is 6.85. The van der Waals surface area contributed by atoms with E-state index < -0.39 is 0 Å². The van der Waals surface area contributed by atoms with E-state index in [0.29, 0.717) is 0 Å². The molecular formula is C13H20N2O. The predicted octanol–water partition coefficient (Wildman–Crippen LogP) is 2.06. The second kappa shape index (κ2) is 4.83. The zero-order chi connectivity index (χ0) is 11.5. The van der Waals surface area contributed by atoms with Crippen LogP contribution in [0.15, 0.2) is 18.3 Å². The summed E-state index contributed by atoms with van der Waals surface area (Å²) in [4.78, 5) is 6.76. The molecule has 2 heterocycles. The predicted molar refractivity (Wildman–Crippen MR) is 65.3 cm³/mol. The Balaban J connectivity index is 2.10. The summed E-state index contributed by atoms with van der Waals surface area (Å²) in [5.41, 5.74) is 0.877. The number of pyridine rings is 1. The van der Waals surface area contributed by atoms with Gasteiger partial charge in [-0.25, -0.2) is 4.98 Å². The van der Waals surface area contributed by atoms with Gasteiger partial charge in [-0.15, -0.1) is 0 Å². The van der Waals surface area contributed by atoms with Gasteiger partial charge in [0.25, 0.3) is 0 Å². The fourth-order valence-electron chi connectivity index (χ4n) is 2.55. The highest BCUT2D eigenvalue weighted by atomic mass is 16.3. The lowest BCUT2D eigenvalue weighted by Crippen LogP contribution is -2.39. The van der Waals surface area contributed by atoms with Crippen LogP contribution in [0, 0.1) is 11.8 Å². The number of anilines is 1. The number of aromatic nitrogens is 1. The average molecular weight is 220 g/mol. The second-order valence-electron chi connectivity index (χ2n) is 5.03. The Morgan fingerprint density at radius 1 is 1.31 bits per heavy atom. The van der Waals surface area contributed by atoms with E-state index in [1.807, 2.05) is 12.1 Å². The van der Waals surface area contributed by atoms with Crippen molar-refractivity contribution in [3.05, 3.63) is 23.9 Å². The Labute approximate surface area is 97.1 Å². The standard InChI is InChI=1S/C13H20N2O/c1-10-5-11(2)8-15(7-10)13-4-3-12(9-16)6-14-13/h3-4,6,10-11,16H,5,7-9H2,1-2H3. The van der Waals surface area contributed by atoms with Gasteiger partial charge in [0.15, 0.2) is 0 Å². The molecule has 2 unspecified atom stereocenters. The summed E-state index contributed by atoms with van der Waals surface area (Å²) in [5.74, 6) is 2.52. The molecule has 0 spiro atoms. The summed E-state index contributed by atoms with van der Waals surface area (Å²) >= 11 is 0. The highest BCUT2D eigenvalue weighted by Crippen LogP contribution is 2.24. The van der Waals surface area contributed by atoms with Crippen molar-refractivity contribution in [2.24, 2.45) is 11.8 Å². The van der Waals surface area contributed by atoms with Crippen molar-refractivity contribution in [3.63, 3.8) is 0 Å². The minimum atomic E-state index is 0.0695. The number of piperidine rings is 1. The zero-order valence-corrected chi connectivity index (χ0v) is 10.1. The summed E-state index contributed by atoms with van der Waals surface area (Å²) in [7, 11) is 0. The van der Waals surface area contributed by atoms with Gasteiger partial charge >= 0.3 is 0 Å². The molecule has 88 valence electrons. The summed E-state index contributed by atoms with van der Waals surface area (Å²) in [6, 6.07) is 3.96.